The minimum absolute atomic E-state index is 0.000700. The number of hydrogen-bond acceptors (Lipinski definition) is 6. The van der Waals surface area contributed by atoms with E-state index in [2.05, 4.69) is 15.4 Å². The summed E-state index contributed by atoms with van der Waals surface area (Å²) in [4.78, 5) is 35.7. The fourth-order valence-electron chi connectivity index (χ4n) is 2.59. The molecule has 1 fully saturated rings. The van der Waals surface area contributed by atoms with Crippen LogP contribution < -0.4 is 20.1 Å². The molecule has 2 amide bonds. The molecular formula is C21H22N2O6. The van der Waals surface area contributed by atoms with E-state index < -0.39 is 5.97 Å². The maximum atomic E-state index is 12.6. The average Bonchev–Trinajstić information content (AvgIpc) is 3.57. The molecule has 8 nitrogen and oxygen atoms in total. The van der Waals surface area contributed by atoms with Gasteiger partial charge in [0.15, 0.2) is 18.1 Å². The van der Waals surface area contributed by atoms with Crippen LogP contribution in [0, 0.1) is 5.92 Å². The van der Waals surface area contributed by atoms with Crippen molar-refractivity contribution in [2.24, 2.45) is 5.92 Å². The monoisotopic (exact) mass is 398 g/mol. The van der Waals surface area contributed by atoms with E-state index in [0.29, 0.717) is 28.4 Å². The number of rotatable bonds is 8. The van der Waals surface area contributed by atoms with Crippen LogP contribution in [0.25, 0.3) is 0 Å². The molecule has 0 saturated heterocycles. The zero-order valence-electron chi connectivity index (χ0n) is 16.2. The summed E-state index contributed by atoms with van der Waals surface area (Å²) in [6.07, 6.45) is 1.84. The summed E-state index contributed by atoms with van der Waals surface area (Å²) in [6, 6.07) is 11.6. The molecular weight excluding hydrogens is 376 g/mol. The van der Waals surface area contributed by atoms with Crippen LogP contribution in [-0.2, 0) is 14.3 Å². The molecule has 0 bridgehead atoms. The highest BCUT2D eigenvalue weighted by atomic mass is 16.6. The molecule has 0 aromatic heterocycles. The lowest BCUT2D eigenvalue weighted by Gasteiger charge is -2.12. The fourth-order valence-corrected chi connectivity index (χ4v) is 2.59. The summed E-state index contributed by atoms with van der Waals surface area (Å²) < 4.78 is 15.1. The molecule has 3 rings (SSSR count). The van der Waals surface area contributed by atoms with Gasteiger partial charge < -0.3 is 24.8 Å². The first-order valence-corrected chi connectivity index (χ1v) is 9.10. The predicted octanol–water partition coefficient (Wildman–Crippen LogP) is 2.85. The van der Waals surface area contributed by atoms with Crippen LogP contribution in [0.15, 0.2) is 42.5 Å². The van der Waals surface area contributed by atoms with Gasteiger partial charge in [0, 0.05) is 22.9 Å². The Morgan fingerprint density at radius 2 is 1.69 bits per heavy atom. The number of carbonyl (C=O) groups excluding carboxylic acids is 3. The summed E-state index contributed by atoms with van der Waals surface area (Å²) in [6.45, 7) is -0.266. The van der Waals surface area contributed by atoms with Crippen molar-refractivity contribution in [1.29, 1.82) is 0 Å². The van der Waals surface area contributed by atoms with Gasteiger partial charge >= 0.3 is 5.97 Å². The van der Waals surface area contributed by atoms with Gasteiger partial charge in [-0.2, -0.15) is 0 Å². The summed E-state index contributed by atoms with van der Waals surface area (Å²) in [5.41, 5.74) is 1.53. The fraction of sp³-hybridized carbons (Fsp3) is 0.286. The molecule has 29 heavy (non-hydrogen) atoms. The van der Waals surface area contributed by atoms with Crippen LogP contribution in [0.4, 0.5) is 11.4 Å². The molecule has 0 spiro atoms. The standard InChI is InChI=1S/C21H22N2O6/c1-27-18-10-14(8-9-17(18)29-12-19(24)28-2)21(26)23-16-5-3-4-15(11-16)22-20(25)13-6-7-13/h3-5,8-11,13H,6-7,12H2,1-2H3,(H,22,25)(H,23,26). The minimum Gasteiger partial charge on any atom is -0.493 e. The Morgan fingerprint density at radius 1 is 0.966 bits per heavy atom. The van der Waals surface area contributed by atoms with Gasteiger partial charge in [0.05, 0.1) is 14.2 Å². The van der Waals surface area contributed by atoms with Crippen molar-refractivity contribution >= 4 is 29.2 Å². The zero-order valence-corrected chi connectivity index (χ0v) is 16.2. The maximum absolute atomic E-state index is 12.6. The van der Waals surface area contributed by atoms with E-state index in [4.69, 9.17) is 9.47 Å². The van der Waals surface area contributed by atoms with Crippen molar-refractivity contribution in [3.63, 3.8) is 0 Å². The zero-order chi connectivity index (χ0) is 20.8. The van der Waals surface area contributed by atoms with E-state index in [1.54, 1.807) is 36.4 Å². The third-order valence-electron chi connectivity index (χ3n) is 4.34. The van der Waals surface area contributed by atoms with Gasteiger partial charge in [0.1, 0.15) is 0 Å². The van der Waals surface area contributed by atoms with Crippen LogP contribution in [0.2, 0.25) is 0 Å². The first-order chi connectivity index (χ1) is 14.0. The van der Waals surface area contributed by atoms with Gasteiger partial charge in [-0.15, -0.1) is 0 Å². The van der Waals surface area contributed by atoms with Crippen LogP contribution in [-0.4, -0.2) is 38.6 Å². The maximum Gasteiger partial charge on any atom is 0.343 e. The molecule has 0 heterocycles. The van der Waals surface area contributed by atoms with E-state index in [1.165, 1.54) is 20.3 Å². The Bertz CT molecular complexity index is 923. The van der Waals surface area contributed by atoms with E-state index in [9.17, 15) is 14.4 Å². The molecule has 1 saturated carbocycles. The Hall–Kier alpha value is -3.55. The molecule has 0 aliphatic heterocycles. The molecule has 8 heteroatoms. The summed E-state index contributed by atoms with van der Waals surface area (Å²) in [7, 11) is 2.71. The predicted molar refractivity (Wildman–Crippen MR) is 106 cm³/mol. The van der Waals surface area contributed by atoms with E-state index in [1.807, 2.05) is 0 Å². The molecule has 0 unspecified atom stereocenters. The van der Waals surface area contributed by atoms with Crippen molar-refractivity contribution in [3.8, 4) is 11.5 Å². The lowest BCUT2D eigenvalue weighted by atomic mass is 10.1. The number of anilines is 2. The lowest BCUT2D eigenvalue weighted by Crippen LogP contribution is -2.15. The van der Waals surface area contributed by atoms with Crippen LogP contribution in [0.3, 0.4) is 0 Å². The number of methoxy groups -OCH3 is 2. The number of ether oxygens (including phenoxy) is 3. The normalized spacial score (nSPS) is 12.6. The first-order valence-electron chi connectivity index (χ1n) is 9.10. The van der Waals surface area contributed by atoms with Crippen molar-refractivity contribution in [3.05, 3.63) is 48.0 Å². The number of esters is 1. The van der Waals surface area contributed by atoms with E-state index >= 15 is 0 Å². The molecule has 1 aliphatic carbocycles. The van der Waals surface area contributed by atoms with Crippen molar-refractivity contribution in [2.75, 3.05) is 31.5 Å². The first kappa shape index (κ1) is 20.2. The topological polar surface area (TPSA) is 103 Å². The van der Waals surface area contributed by atoms with Gasteiger partial charge in [0.2, 0.25) is 5.91 Å². The smallest absolute Gasteiger partial charge is 0.343 e. The summed E-state index contributed by atoms with van der Waals surface area (Å²) in [5.74, 6) is -0.149. The van der Waals surface area contributed by atoms with E-state index in [-0.39, 0.29) is 24.3 Å². The average molecular weight is 398 g/mol. The van der Waals surface area contributed by atoms with Gasteiger partial charge in [-0.3, -0.25) is 9.59 Å². The highest BCUT2D eigenvalue weighted by Crippen LogP contribution is 2.31. The van der Waals surface area contributed by atoms with Gasteiger partial charge in [-0.05, 0) is 49.2 Å². The Balaban J connectivity index is 1.67. The van der Waals surface area contributed by atoms with Crippen LogP contribution in [0.5, 0.6) is 11.5 Å². The number of carbonyl (C=O) groups is 3. The number of amides is 2. The van der Waals surface area contributed by atoms with Crippen molar-refractivity contribution < 1.29 is 28.6 Å². The van der Waals surface area contributed by atoms with Crippen molar-refractivity contribution in [2.45, 2.75) is 12.8 Å². The van der Waals surface area contributed by atoms with Gasteiger partial charge in [0.25, 0.3) is 5.91 Å². The number of nitrogens with one attached hydrogen (secondary N) is 2. The molecule has 2 aromatic carbocycles. The van der Waals surface area contributed by atoms with E-state index in [0.717, 1.165) is 12.8 Å². The third kappa shape index (κ3) is 5.47. The molecule has 1 aliphatic rings. The van der Waals surface area contributed by atoms with Crippen LogP contribution >= 0.6 is 0 Å². The minimum atomic E-state index is -0.525. The van der Waals surface area contributed by atoms with Crippen molar-refractivity contribution in [1.82, 2.24) is 0 Å². The molecule has 0 radical (unpaired) electrons. The second kappa shape index (κ2) is 9.09. The second-order valence-corrected chi connectivity index (χ2v) is 6.53. The molecule has 0 atom stereocenters. The highest BCUT2D eigenvalue weighted by Gasteiger charge is 2.29. The molecule has 152 valence electrons. The SMILES string of the molecule is COC(=O)COc1ccc(C(=O)Nc2cccc(NC(=O)C3CC3)c2)cc1OC. The Morgan fingerprint density at radius 3 is 2.34 bits per heavy atom. The number of hydrogen-bond donors (Lipinski definition) is 2. The Labute approximate surface area is 168 Å². The summed E-state index contributed by atoms with van der Waals surface area (Å²) in [5, 5.41) is 5.63. The largest absolute Gasteiger partial charge is 0.493 e. The highest BCUT2D eigenvalue weighted by molar-refractivity contribution is 6.05. The Kier molecular flexibility index (Phi) is 6.33. The quantitative estimate of drug-likeness (QED) is 0.663. The lowest BCUT2D eigenvalue weighted by molar-refractivity contribution is -0.142. The van der Waals surface area contributed by atoms with Crippen LogP contribution in [0.1, 0.15) is 23.2 Å². The number of benzene rings is 2. The van der Waals surface area contributed by atoms with Gasteiger partial charge in [-0.1, -0.05) is 6.07 Å². The third-order valence-corrected chi connectivity index (χ3v) is 4.34. The molecule has 2 aromatic rings. The van der Waals surface area contributed by atoms with Gasteiger partial charge in [-0.25, -0.2) is 4.79 Å². The second-order valence-electron chi connectivity index (χ2n) is 6.53. The molecule has 2 N–H and O–H groups in total. The summed E-state index contributed by atoms with van der Waals surface area (Å²) >= 11 is 0.